The smallest absolute Gasteiger partial charge is 0.483 e. The van der Waals surface area contributed by atoms with Crippen molar-refractivity contribution >= 4 is 43.3 Å². The first-order valence-corrected chi connectivity index (χ1v) is 13.3. The Labute approximate surface area is 228 Å². The van der Waals surface area contributed by atoms with Crippen LogP contribution in [0.3, 0.4) is 0 Å². The molecule has 3 aromatic heterocycles. The molecule has 0 radical (unpaired) electrons. The van der Waals surface area contributed by atoms with Crippen molar-refractivity contribution in [1.29, 1.82) is 5.26 Å². The summed E-state index contributed by atoms with van der Waals surface area (Å²) in [6.45, 7) is -0.611. The van der Waals surface area contributed by atoms with Gasteiger partial charge in [-0.1, -0.05) is 9.95 Å². The number of nitrogens with zero attached hydrogens (tertiary/aromatic N) is 3. The average molecular weight is 588 g/mol. The molecule has 6 rings (SSSR count). The highest BCUT2D eigenvalue weighted by atomic mass is 32.3. The maximum atomic E-state index is 13.9. The molecule has 41 heavy (non-hydrogen) atoms. The summed E-state index contributed by atoms with van der Waals surface area (Å²) in [7, 11) is -5.41. The lowest BCUT2D eigenvalue weighted by atomic mass is 10.0. The van der Waals surface area contributed by atoms with E-state index in [0.29, 0.717) is 46.1 Å². The number of H-pyrrole nitrogens is 1. The van der Waals surface area contributed by atoms with Gasteiger partial charge >= 0.3 is 16.7 Å². The zero-order valence-corrected chi connectivity index (χ0v) is 21.4. The van der Waals surface area contributed by atoms with E-state index in [1.807, 2.05) is 10.6 Å². The molecular formula is C26H17F4N5O5S. The largest absolute Gasteiger partial charge is 0.488 e. The number of nitrogens with one attached hydrogen (secondary N) is 2. The summed E-state index contributed by atoms with van der Waals surface area (Å²) >= 11 is 0. The van der Waals surface area contributed by atoms with Gasteiger partial charge in [0.15, 0.2) is 17.8 Å². The fourth-order valence-electron chi connectivity index (χ4n) is 4.93. The average Bonchev–Trinajstić information content (AvgIpc) is 3.25. The Balaban J connectivity index is 1.68. The van der Waals surface area contributed by atoms with Crippen molar-refractivity contribution in [2.24, 2.45) is 0 Å². The molecule has 0 unspecified atom stereocenters. The zero-order chi connectivity index (χ0) is 29.1. The van der Waals surface area contributed by atoms with Gasteiger partial charge in [0.25, 0.3) is 0 Å². The van der Waals surface area contributed by atoms with Crippen molar-refractivity contribution < 1.29 is 34.4 Å². The number of aromatic amines is 1. The summed E-state index contributed by atoms with van der Waals surface area (Å²) in [6.07, 6.45) is -2.59. The minimum Gasteiger partial charge on any atom is -0.483 e. The Hall–Kier alpha value is -4.68. The van der Waals surface area contributed by atoms with Crippen molar-refractivity contribution in [3.8, 4) is 28.7 Å². The maximum absolute atomic E-state index is 13.9. The van der Waals surface area contributed by atoms with Crippen molar-refractivity contribution in [3.63, 3.8) is 0 Å². The molecule has 0 atom stereocenters. The number of ether oxygens (including phenoxy) is 1. The zero-order valence-electron chi connectivity index (χ0n) is 20.6. The van der Waals surface area contributed by atoms with Crippen LogP contribution >= 0.6 is 0 Å². The fourth-order valence-corrected chi connectivity index (χ4v) is 5.26. The number of benzene rings is 2. The first kappa shape index (κ1) is 26.5. The molecule has 1 aliphatic heterocycles. The minimum absolute atomic E-state index is 0.0265. The van der Waals surface area contributed by atoms with E-state index < -0.39 is 34.5 Å². The van der Waals surface area contributed by atoms with E-state index in [9.17, 15) is 35.5 Å². The molecular weight excluding hydrogens is 570 g/mol. The molecule has 5 aromatic rings. The van der Waals surface area contributed by atoms with Crippen LogP contribution in [0.1, 0.15) is 11.6 Å². The summed E-state index contributed by atoms with van der Waals surface area (Å²) in [5, 5.41) is 13.4. The number of hydrogen-bond donors (Lipinski definition) is 2. The van der Waals surface area contributed by atoms with E-state index in [1.165, 1.54) is 18.3 Å². The van der Waals surface area contributed by atoms with Gasteiger partial charge in [-0.05, 0) is 30.3 Å². The van der Waals surface area contributed by atoms with E-state index in [4.69, 9.17) is 4.74 Å². The minimum atomic E-state index is -5.41. The van der Waals surface area contributed by atoms with Crippen LogP contribution in [-0.2, 0) is 10.5 Å². The topological polar surface area (TPSA) is 139 Å². The number of rotatable bonds is 6. The van der Waals surface area contributed by atoms with Crippen LogP contribution in [0.15, 0.2) is 53.6 Å². The van der Waals surface area contributed by atoms with E-state index in [0.717, 1.165) is 12.3 Å². The molecule has 2 aromatic carbocycles. The Morgan fingerprint density at radius 2 is 1.90 bits per heavy atom. The van der Waals surface area contributed by atoms with E-state index in [1.54, 1.807) is 18.2 Å². The van der Waals surface area contributed by atoms with Crippen LogP contribution < -0.4 is 19.7 Å². The molecule has 0 spiro atoms. The molecule has 2 N–H and O–H groups in total. The third kappa shape index (κ3) is 4.92. The lowest BCUT2D eigenvalue weighted by molar-refractivity contribution is -0.153. The number of nitriles is 1. The Morgan fingerprint density at radius 1 is 1.12 bits per heavy atom. The van der Waals surface area contributed by atoms with Crippen LogP contribution in [0.4, 0.5) is 17.1 Å². The van der Waals surface area contributed by atoms with Crippen LogP contribution in [0.5, 0.6) is 11.5 Å². The van der Waals surface area contributed by atoms with E-state index in [-0.39, 0.29) is 28.3 Å². The highest BCUT2D eigenvalue weighted by molar-refractivity contribution is 7.81. The van der Waals surface area contributed by atoms with Crippen LogP contribution in [0.2, 0.25) is 0 Å². The quantitative estimate of drug-likeness (QED) is 0.222. The number of fused-ring (bicyclic) bond motifs is 4. The molecule has 4 heterocycles. The molecule has 0 amide bonds. The SMILES string of the molecule is N#Cc1ccc2c(c1)[nH]c1c2c(=O)c2cc(OCC(F)(F)F)c(-c3cncc(OS(=O)(=O)F)c3)cc2n1C1CNC1. The van der Waals surface area contributed by atoms with E-state index >= 15 is 0 Å². The van der Waals surface area contributed by atoms with Gasteiger partial charge in [0, 0.05) is 41.3 Å². The third-order valence-corrected chi connectivity index (χ3v) is 7.11. The molecule has 1 aliphatic rings. The Kier molecular flexibility index (Phi) is 6.12. The molecule has 0 aliphatic carbocycles. The summed E-state index contributed by atoms with van der Waals surface area (Å²) in [4.78, 5) is 20.9. The Morgan fingerprint density at radius 3 is 2.56 bits per heavy atom. The van der Waals surface area contributed by atoms with E-state index in [2.05, 4.69) is 19.5 Å². The summed E-state index contributed by atoms with van der Waals surface area (Å²) in [5.41, 5.74) is 1.30. The number of pyridine rings is 2. The number of hydrogen-bond acceptors (Lipinski definition) is 8. The van der Waals surface area contributed by atoms with Gasteiger partial charge in [-0.15, -0.1) is 0 Å². The lowest BCUT2D eigenvalue weighted by Crippen LogP contribution is -2.44. The first-order chi connectivity index (χ1) is 19.4. The molecule has 1 fully saturated rings. The molecule has 15 heteroatoms. The molecule has 210 valence electrons. The number of halogens is 4. The van der Waals surface area contributed by atoms with Crippen LogP contribution in [-0.4, -0.2) is 48.8 Å². The fraction of sp³-hybridized carbons (Fsp3) is 0.192. The predicted molar refractivity (Wildman–Crippen MR) is 140 cm³/mol. The maximum Gasteiger partial charge on any atom is 0.488 e. The second kappa shape index (κ2) is 9.46. The lowest BCUT2D eigenvalue weighted by Gasteiger charge is -2.32. The monoisotopic (exact) mass is 587 g/mol. The predicted octanol–water partition coefficient (Wildman–Crippen LogP) is 4.25. The van der Waals surface area contributed by atoms with Crippen molar-refractivity contribution in [2.45, 2.75) is 12.2 Å². The van der Waals surface area contributed by atoms with Gasteiger partial charge in [0.2, 0.25) is 0 Å². The van der Waals surface area contributed by atoms with Crippen molar-refractivity contribution in [2.75, 3.05) is 19.7 Å². The molecule has 1 saturated heterocycles. The second-order valence-electron chi connectivity index (χ2n) is 9.39. The molecule has 0 saturated carbocycles. The summed E-state index contributed by atoms with van der Waals surface area (Å²) in [5.74, 6) is -0.856. The van der Waals surface area contributed by atoms with Gasteiger partial charge in [-0.2, -0.15) is 26.9 Å². The Bertz CT molecular complexity index is 2080. The van der Waals surface area contributed by atoms with Crippen LogP contribution in [0, 0.1) is 11.3 Å². The van der Waals surface area contributed by atoms with Gasteiger partial charge in [0.1, 0.15) is 11.4 Å². The van der Waals surface area contributed by atoms with Gasteiger partial charge < -0.3 is 23.8 Å². The first-order valence-electron chi connectivity index (χ1n) is 12.0. The molecule has 10 nitrogen and oxygen atoms in total. The van der Waals surface area contributed by atoms with Gasteiger partial charge in [0.05, 0.1) is 40.2 Å². The van der Waals surface area contributed by atoms with Gasteiger partial charge in [-0.25, -0.2) is 0 Å². The van der Waals surface area contributed by atoms with Crippen LogP contribution in [0.25, 0.3) is 44.0 Å². The summed E-state index contributed by atoms with van der Waals surface area (Å²) < 4.78 is 86.0. The number of alkyl halides is 3. The standard InChI is InChI=1S/C26H17F4N5O5S/c27-26(28,29)12-39-22-6-19-21(5-18(22)14-4-16(11-32-8-14)40-41(30,37)38)35(15-9-33-10-15)25-23(24(19)36)17-2-1-13(7-31)3-20(17)34-25/h1-6,8,11,15,33-34H,9-10,12H2. The van der Waals surface area contributed by atoms with Crippen molar-refractivity contribution in [3.05, 3.63) is 64.6 Å². The normalized spacial score (nSPS) is 14.3. The molecule has 0 bridgehead atoms. The highest BCUT2D eigenvalue weighted by Gasteiger charge is 2.30. The van der Waals surface area contributed by atoms with Crippen molar-refractivity contribution in [1.82, 2.24) is 19.9 Å². The number of aromatic nitrogens is 3. The highest BCUT2D eigenvalue weighted by Crippen LogP contribution is 2.38. The third-order valence-electron chi connectivity index (χ3n) is 6.71. The second-order valence-corrected chi connectivity index (χ2v) is 10.3. The van der Waals surface area contributed by atoms with Gasteiger partial charge in [-0.3, -0.25) is 9.78 Å². The summed E-state index contributed by atoms with van der Waals surface area (Å²) in [6, 6.07) is 10.4.